The molecule has 0 fully saturated rings. The molecule has 6 rings (SSSR count). The van der Waals surface area contributed by atoms with Gasteiger partial charge in [0.25, 0.3) is 32.1 Å². The number of hydrogen-bond acceptors (Lipinski definition) is 12. The number of benzene rings is 4. The van der Waals surface area contributed by atoms with Gasteiger partial charge in [0.2, 0.25) is 5.69 Å². The molecule has 20 nitrogen and oxygen atoms in total. The number of aliphatic hydroxyl groups is 1. The molecule has 0 bridgehead atoms. The summed E-state index contributed by atoms with van der Waals surface area (Å²) in [4.78, 5) is 35.3. The van der Waals surface area contributed by atoms with E-state index in [4.69, 9.17) is 9.84 Å². The van der Waals surface area contributed by atoms with Crippen LogP contribution in [0.3, 0.4) is 0 Å². The quantitative estimate of drug-likeness (QED) is 0.0781. The van der Waals surface area contributed by atoms with E-state index >= 15 is 0 Å². The zero-order valence-corrected chi connectivity index (χ0v) is 37.6. The molecule has 0 atom stereocenters. The molecule has 338 valence electrons. The zero-order valence-electron chi connectivity index (χ0n) is 35.9. The number of rotatable bonds is 19. The van der Waals surface area contributed by atoms with Gasteiger partial charge in [0.15, 0.2) is 11.4 Å². The van der Waals surface area contributed by atoms with Gasteiger partial charge in [-0.05, 0) is 138 Å². The highest BCUT2D eigenvalue weighted by Gasteiger charge is 2.27. The number of methoxy groups -OCH3 is 1. The van der Waals surface area contributed by atoms with Crippen molar-refractivity contribution in [2.45, 2.75) is 33.3 Å². The first-order chi connectivity index (χ1) is 30.4. The summed E-state index contributed by atoms with van der Waals surface area (Å²) in [6.07, 6.45) is 1.76. The molecule has 2 amide bonds. The number of amides is 2. The summed E-state index contributed by atoms with van der Waals surface area (Å²) < 4.78 is 69.5. The van der Waals surface area contributed by atoms with Crippen molar-refractivity contribution in [1.29, 1.82) is 0 Å². The van der Waals surface area contributed by atoms with Crippen LogP contribution in [-0.2, 0) is 40.9 Å². The van der Waals surface area contributed by atoms with Crippen LogP contribution in [-0.4, -0.2) is 127 Å². The first-order valence-electron chi connectivity index (χ1n) is 20.2. The molecule has 22 heteroatoms. The molecule has 3 N–H and O–H groups in total. The Kier molecular flexibility index (Phi) is 14.6. The lowest BCUT2D eigenvalue weighted by Gasteiger charge is -2.21. The van der Waals surface area contributed by atoms with Crippen LogP contribution in [0.2, 0.25) is 0 Å². The second-order valence-corrected chi connectivity index (χ2v) is 17.9. The fourth-order valence-electron chi connectivity index (χ4n) is 6.98. The highest BCUT2D eigenvalue weighted by molar-refractivity contribution is 7.86. The lowest BCUT2D eigenvalue weighted by molar-refractivity contribution is -0.742. The predicted molar refractivity (Wildman–Crippen MR) is 233 cm³/mol. The SMILES string of the molecule is CCCN(CCC)C(=O)c1ccc(-c2nn(C)[n+](-c3ccc(-c4ccc(-[n+]5nc(-c6ccc(C(=O)N(CCS(=O)(=O)O)CCS(=O)(=O)O)cc6)nn5C)c(OC)c4)cc3CO)n2)cc1. The number of tetrazole rings is 2. The largest absolute Gasteiger partial charge is 0.492 e. The summed E-state index contributed by atoms with van der Waals surface area (Å²) >= 11 is 0. The summed E-state index contributed by atoms with van der Waals surface area (Å²) in [7, 11) is -3.98. The maximum Gasteiger partial charge on any atom is 0.339 e. The minimum Gasteiger partial charge on any atom is -0.492 e. The summed E-state index contributed by atoms with van der Waals surface area (Å²) in [5, 5.41) is 29.1. The molecule has 4 aromatic carbocycles. The number of hydrogen-bond donors (Lipinski definition) is 3. The second-order valence-electron chi connectivity index (χ2n) is 14.8. The Balaban J connectivity index is 1.21. The number of nitrogens with zero attached hydrogens (tertiary/aromatic N) is 10. The molecule has 0 aliphatic heterocycles. The first-order valence-corrected chi connectivity index (χ1v) is 23.4. The molecule has 0 unspecified atom stereocenters. The molecule has 0 aliphatic rings. The third-order valence-electron chi connectivity index (χ3n) is 10.2. The van der Waals surface area contributed by atoms with E-state index in [-0.39, 0.29) is 23.9 Å². The van der Waals surface area contributed by atoms with Gasteiger partial charge in [-0.25, -0.2) is 0 Å². The van der Waals surface area contributed by atoms with Crippen LogP contribution >= 0.6 is 0 Å². The second kappa shape index (κ2) is 19.9. The van der Waals surface area contributed by atoms with E-state index in [1.165, 1.54) is 28.8 Å². The van der Waals surface area contributed by atoms with Crippen LogP contribution in [0.4, 0.5) is 0 Å². The number of aliphatic hydroxyl groups excluding tert-OH is 1. The van der Waals surface area contributed by atoms with Gasteiger partial charge in [-0.1, -0.05) is 13.8 Å². The number of carbonyl (C=O) groups excluding carboxylic acids is 2. The van der Waals surface area contributed by atoms with Crippen molar-refractivity contribution in [3.8, 4) is 51.0 Å². The Morgan fingerprint density at radius 3 is 1.45 bits per heavy atom. The van der Waals surface area contributed by atoms with E-state index in [1.807, 2.05) is 53.4 Å². The van der Waals surface area contributed by atoms with E-state index in [0.717, 1.165) is 34.4 Å². The Morgan fingerprint density at radius 2 is 1.03 bits per heavy atom. The molecule has 0 spiro atoms. The van der Waals surface area contributed by atoms with E-state index in [0.29, 0.717) is 52.7 Å². The summed E-state index contributed by atoms with van der Waals surface area (Å²) in [5.74, 6) is -1.20. The van der Waals surface area contributed by atoms with Gasteiger partial charge in [0.05, 0.1) is 60.6 Å². The number of carbonyl (C=O) groups is 2. The monoisotopic (exact) mass is 918 g/mol. The average molecular weight is 919 g/mol. The van der Waals surface area contributed by atoms with Crippen molar-refractivity contribution in [3.05, 3.63) is 102 Å². The van der Waals surface area contributed by atoms with Crippen LogP contribution in [0.15, 0.2) is 84.9 Å². The van der Waals surface area contributed by atoms with Gasteiger partial charge in [0.1, 0.15) is 0 Å². The third-order valence-corrected chi connectivity index (χ3v) is 11.6. The Morgan fingerprint density at radius 1 is 0.625 bits per heavy atom. The minimum absolute atomic E-state index is 0.00992. The van der Waals surface area contributed by atoms with Gasteiger partial charge in [-0.2, -0.15) is 16.8 Å². The Labute approximate surface area is 370 Å². The molecular formula is C42H50N10O10S2+2. The minimum atomic E-state index is -4.46. The first kappa shape index (κ1) is 47.0. The van der Waals surface area contributed by atoms with E-state index < -0.39 is 50.7 Å². The highest BCUT2D eigenvalue weighted by Crippen LogP contribution is 2.30. The Hall–Kier alpha value is -6.46. The molecule has 2 heterocycles. The molecule has 64 heavy (non-hydrogen) atoms. The van der Waals surface area contributed by atoms with Crippen molar-refractivity contribution in [2.24, 2.45) is 14.1 Å². The smallest absolute Gasteiger partial charge is 0.339 e. The highest BCUT2D eigenvalue weighted by atomic mass is 32.2. The van der Waals surface area contributed by atoms with Gasteiger partial charge >= 0.3 is 11.6 Å². The van der Waals surface area contributed by atoms with Crippen LogP contribution in [0.1, 0.15) is 53.0 Å². The van der Waals surface area contributed by atoms with Crippen molar-refractivity contribution in [1.82, 2.24) is 39.8 Å². The molecule has 0 radical (unpaired) electrons. The van der Waals surface area contributed by atoms with Crippen molar-refractivity contribution < 1.29 is 55.0 Å². The summed E-state index contributed by atoms with van der Waals surface area (Å²) in [5.41, 5.74) is 5.25. The fraction of sp³-hybridized carbons (Fsp3) is 0.333. The Bertz CT molecular complexity index is 2820. The van der Waals surface area contributed by atoms with Crippen LogP contribution in [0, 0.1) is 0 Å². The molecule has 2 aromatic heterocycles. The van der Waals surface area contributed by atoms with E-state index in [2.05, 4.69) is 29.1 Å². The van der Waals surface area contributed by atoms with Crippen molar-refractivity contribution in [2.75, 3.05) is 44.8 Å². The zero-order chi connectivity index (χ0) is 46.3. The fourth-order valence-corrected chi connectivity index (χ4v) is 7.88. The maximum absolute atomic E-state index is 13.2. The van der Waals surface area contributed by atoms with Gasteiger partial charge in [0, 0.05) is 42.9 Å². The van der Waals surface area contributed by atoms with Crippen molar-refractivity contribution in [3.63, 3.8) is 0 Å². The number of ether oxygens (including phenoxy) is 1. The molecule has 0 aliphatic carbocycles. The van der Waals surface area contributed by atoms with Crippen LogP contribution in [0.25, 0.3) is 45.3 Å². The summed E-state index contributed by atoms with van der Waals surface area (Å²) in [6, 6.07) is 24.3. The third kappa shape index (κ3) is 11.2. The topological polar surface area (TPSA) is 248 Å². The number of aryl methyl sites for hydroxylation is 2. The molecular weight excluding hydrogens is 869 g/mol. The summed E-state index contributed by atoms with van der Waals surface area (Å²) in [6.45, 7) is 4.19. The van der Waals surface area contributed by atoms with E-state index in [1.54, 1.807) is 48.0 Å². The van der Waals surface area contributed by atoms with Gasteiger partial charge < -0.3 is 19.6 Å². The molecule has 6 aromatic rings. The lowest BCUT2D eigenvalue weighted by Crippen LogP contribution is -2.43. The normalized spacial score (nSPS) is 11.8. The standard InChI is InChI=1S/C42H48N10O10S2/c1-6-20-49(21-7-2)41(54)31-12-8-29(9-13-31)39-43-47(3)51(45-39)36-18-16-33(26-35(36)28-53)34-17-19-37(38(27-34)62-5)52-46-40(44-48(52)4)30-10-14-32(15-11-30)42(55)50(22-24-63(56,57)58)23-25-64(59,60)61/h8-19,26-27,53H,6-7,20-25,28H2,1-5H3/p+2. The molecule has 0 saturated carbocycles. The van der Waals surface area contributed by atoms with Crippen LogP contribution < -0.4 is 14.3 Å². The predicted octanol–water partition coefficient (Wildman–Crippen LogP) is 2.48. The molecule has 0 saturated heterocycles. The average Bonchev–Trinajstić information content (AvgIpc) is 3.86. The maximum atomic E-state index is 13.2. The van der Waals surface area contributed by atoms with Gasteiger partial charge in [-0.15, -0.1) is 0 Å². The van der Waals surface area contributed by atoms with Crippen LogP contribution in [0.5, 0.6) is 5.75 Å². The van der Waals surface area contributed by atoms with Gasteiger partial charge in [-0.3, -0.25) is 18.7 Å². The van der Waals surface area contributed by atoms with Crippen molar-refractivity contribution >= 4 is 32.1 Å². The number of aromatic nitrogens is 8. The van der Waals surface area contributed by atoms with E-state index in [9.17, 15) is 40.6 Å². The lowest BCUT2D eigenvalue weighted by atomic mass is 10.0.